The van der Waals surface area contributed by atoms with Crippen LogP contribution in [0.5, 0.6) is 0 Å². The highest BCUT2D eigenvalue weighted by atomic mass is 32.1. The molecule has 1 aliphatic rings. The number of thiophene rings is 1. The van der Waals surface area contributed by atoms with Gasteiger partial charge in [0.05, 0.1) is 6.61 Å². The van der Waals surface area contributed by atoms with Gasteiger partial charge in [-0.1, -0.05) is 0 Å². The van der Waals surface area contributed by atoms with E-state index in [-0.39, 0.29) is 0 Å². The summed E-state index contributed by atoms with van der Waals surface area (Å²) in [5, 5.41) is 10.5. The minimum atomic E-state index is -0.920. The van der Waals surface area contributed by atoms with E-state index < -0.39 is 5.97 Å². The van der Waals surface area contributed by atoms with Crippen molar-refractivity contribution in [2.75, 3.05) is 6.61 Å². The average Bonchev–Trinajstić information content (AvgIpc) is 2.95. The van der Waals surface area contributed by atoms with Gasteiger partial charge in [0.1, 0.15) is 0 Å². The van der Waals surface area contributed by atoms with E-state index in [4.69, 9.17) is 9.84 Å². The number of aliphatic carboxylic acids is 1. The summed E-state index contributed by atoms with van der Waals surface area (Å²) < 4.78 is 5.58. The Morgan fingerprint density at radius 2 is 2.44 bits per heavy atom. The van der Waals surface area contributed by atoms with Crippen LogP contribution in [0.4, 0.5) is 0 Å². The first kappa shape index (κ1) is 11.4. The molecule has 16 heavy (non-hydrogen) atoms. The number of carboxylic acid groups (broad SMARTS) is 1. The largest absolute Gasteiger partial charge is 0.478 e. The van der Waals surface area contributed by atoms with E-state index in [1.807, 2.05) is 11.4 Å². The molecule has 2 rings (SSSR count). The first-order chi connectivity index (χ1) is 7.75. The van der Waals surface area contributed by atoms with Gasteiger partial charge in [-0.05, 0) is 41.8 Å². The molecule has 1 heterocycles. The number of rotatable bonds is 6. The molecule has 0 amide bonds. The van der Waals surface area contributed by atoms with Crippen molar-refractivity contribution in [1.29, 1.82) is 0 Å². The summed E-state index contributed by atoms with van der Waals surface area (Å²) in [5.41, 5.74) is 0.947. The van der Waals surface area contributed by atoms with Crippen molar-refractivity contribution in [3.05, 3.63) is 28.0 Å². The van der Waals surface area contributed by atoms with Gasteiger partial charge in [-0.25, -0.2) is 4.79 Å². The first-order valence-electron chi connectivity index (χ1n) is 5.31. The molecule has 1 fully saturated rings. The lowest BCUT2D eigenvalue weighted by molar-refractivity contribution is -0.131. The number of carbonyl (C=O) groups is 1. The minimum absolute atomic E-state index is 0.591. The molecule has 0 atom stereocenters. The summed E-state index contributed by atoms with van der Waals surface area (Å²) in [6, 6.07) is 1.92. The lowest BCUT2D eigenvalue weighted by Gasteiger charge is -2.01. The van der Waals surface area contributed by atoms with Gasteiger partial charge in [-0.2, -0.15) is 0 Å². The summed E-state index contributed by atoms with van der Waals surface area (Å²) in [6.45, 7) is 1.42. The fourth-order valence-electron chi connectivity index (χ4n) is 1.38. The maximum atomic E-state index is 10.4. The van der Waals surface area contributed by atoms with E-state index in [1.165, 1.54) is 12.8 Å². The maximum absolute atomic E-state index is 10.4. The van der Waals surface area contributed by atoms with Crippen LogP contribution in [0.25, 0.3) is 6.08 Å². The Bertz CT molecular complexity index is 391. The van der Waals surface area contributed by atoms with E-state index >= 15 is 0 Å². The van der Waals surface area contributed by atoms with E-state index in [1.54, 1.807) is 17.4 Å². The molecule has 1 aliphatic carbocycles. The molecule has 4 heteroatoms. The van der Waals surface area contributed by atoms with Gasteiger partial charge in [0.2, 0.25) is 0 Å². The monoisotopic (exact) mass is 238 g/mol. The van der Waals surface area contributed by atoms with Gasteiger partial charge in [0.15, 0.2) is 0 Å². The SMILES string of the molecule is O=C(O)C=Cc1ccsc1COCC1CC1. The molecule has 1 aromatic heterocycles. The van der Waals surface area contributed by atoms with Crippen LogP contribution in [-0.4, -0.2) is 17.7 Å². The normalized spacial score (nSPS) is 15.8. The Balaban J connectivity index is 1.87. The smallest absolute Gasteiger partial charge is 0.328 e. The van der Waals surface area contributed by atoms with Crippen LogP contribution in [0.1, 0.15) is 23.3 Å². The molecule has 0 aromatic carbocycles. The summed E-state index contributed by atoms with van der Waals surface area (Å²) >= 11 is 1.60. The molecule has 0 bridgehead atoms. The second-order valence-corrected chi connectivity index (χ2v) is 4.93. The molecule has 3 nitrogen and oxygen atoms in total. The fourth-order valence-corrected chi connectivity index (χ4v) is 2.18. The van der Waals surface area contributed by atoms with Gasteiger partial charge in [-0.3, -0.25) is 0 Å². The van der Waals surface area contributed by atoms with Crippen LogP contribution in [0.15, 0.2) is 17.5 Å². The summed E-state index contributed by atoms with van der Waals surface area (Å²) in [4.78, 5) is 11.5. The zero-order valence-corrected chi connectivity index (χ0v) is 9.70. The van der Waals surface area contributed by atoms with Crippen LogP contribution < -0.4 is 0 Å². The fraction of sp³-hybridized carbons (Fsp3) is 0.417. The third kappa shape index (κ3) is 3.47. The Hall–Kier alpha value is -1.13. The summed E-state index contributed by atoms with van der Waals surface area (Å²) in [5.74, 6) is -0.158. The van der Waals surface area contributed by atoms with Crippen molar-refractivity contribution < 1.29 is 14.6 Å². The number of ether oxygens (including phenoxy) is 1. The highest BCUT2D eigenvalue weighted by Crippen LogP contribution is 2.29. The quantitative estimate of drug-likeness (QED) is 0.775. The lowest BCUT2D eigenvalue weighted by atomic mass is 10.2. The van der Waals surface area contributed by atoms with Crippen molar-refractivity contribution in [3.8, 4) is 0 Å². The first-order valence-corrected chi connectivity index (χ1v) is 6.19. The Morgan fingerprint density at radius 3 is 3.12 bits per heavy atom. The van der Waals surface area contributed by atoms with Gasteiger partial charge in [-0.15, -0.1) is 11.3 Å². The molecule has 0 spiro atoms. The number of hydrogen-bond acceptors (Lipinski definition) is 3. The topological polar surface area (TPSA) is 46.5 Å². The number of carboxylic acids is 1. The Morgan fingerprint density at radius 1 is 1.62 bits per heavy atom. The molecular formula is C12H14O3S. The van der Waals surface area contributed by atoms with E-state index in [0.717, 1.165) is 29.0 Å². The van der Waals surface area contributed by atoms with Crippen LogP contribution in [0.2, 0.25) is 0 Å². The van der Waals surface area contributed by atoms with Gasteiger partial charge in [0, 0.05) is 17.6 Å². The Kier molecular flexibility index (Phi) is 3.74. The van der Waals surface area contributed by atoms with Gasteiger partial charge < -0.3 is 9.84 Å². The molecule has 0 unspecified atom stereocenters. The van der Waals surface area contributed by atoms with Gasteiger partial charge in [0.25, 0.3) is 0 Å². The molecule has 0 aliphatic heterocycles. The van der Waals surface area contributed by atoms with Crippen LogP contribution in [0, 0.1) is 5.92 Å². The third-order valence-corrected chi connectivity index (χ3v) is 3.38. The summed E-state index contributed by atoms with van der Waals surface area (Å²) in [7, 11) is 0. The maximum Gasteiger partial charge on any atom is 0.328 e. The average molecular weight is 238 g/mol. The molecule has 86 valence electrons. The highest BCUT2D eigenvalue weighted by Gasteiger charge is 2.21. The van der Waals surface area contributed by atoms with Crippen molar-refractivity contribution in [2.24, 2.45) is 5.92 Å². The lowest BCUT2D eigenvalue weighted by Crippen LogP contribution is -1.96. The van der Waals surface area contributed by atoms with Crippen molar-refractivity contribution in [1.82, 2.24) is 0 Å². The molecule has 1 N–H and O–H groups in total. The van der Waals surface area contributed by atoms with Crippen LogP contribution in [0.3, 0.4) is 0 Å². The number of hydrogen-bond donors (Lipinski definition) is 1. The molecule has 1 saturated carbocycles. The molecule has 0 radical (unpaired) electrons. The summed E-state index contributed by atoms with van der Waals surface area (Å²) in [6.07, 6.45) is 5.35. The third-order valence-electron chi connectivity index (χ3n) is 2.47. The second kappa shape index (κ2) is 5.27. The zero-order valence-electron chi connectivity index (χ0n) is 8.89. The highest BCUT2D eigenvalue weighted by molar-refractivity contribution is 7.10. The predicted octanol–water partition coefficient (Wildman–Crippen LogP) is 2.77. The van der Waals surface area contributed by atoms with Crippen molar-refractivity contribution in [2.45, 2.75) is 19.4 Å². The zero-order chi connectivity index (χ0) is 11.4. The standard InChI is InChI=1S/C12H14O3S/c13-12(14)4-3-10-5-6-16-11(10)8-15-7-9-1-2-9/h3-6,9H,1-2,7-8H2,(H,13,14). The van der Waals surface area contributed by atoms with Crippen LogP contribution in [-0.2, 0) is 16.1 Å². The molecule has 1 aromatic rings. The van der Waals surface area contributed by atoms with Crippen LogP contribution >= 0.6 is 11.3 Å². The predicted molar refractivity (Wildman–Crippen MR) is 63.4 cm³/mol. The molecule has 0 saturated heterocycles. The van der Waals surface area contributed by atoms with Crippen molar-refractivity contribution >= 4 is 23.4 Å². The van der Waals surface area contributed by atoms with Gasteiger partial charge >= 0.3 is 5.97 Å². The molecular weight excluding hydrogens is 224 g/mol. The second-order valence-electron chi connectivity index (χ2n) is 3.93. The van der Waals surface area contributed by atoms with E-state index in [0.29, 0.717) is 6.61 Å². The minimum Gasteiger partial charge on any atom is -0.478 e. The van der Waals surface area contributed by atoms with E-state index in [9.17, 15) is 4.79 Å². The van der Waals surface area contributed by atoms with Crippen molar-refractivity contribution in [3.63, 3.8) is 0 Å². The van der Waals surface area contributed by atoms with E-state index in [2.05, 4.69) is 0 Å². The Labute approximate surface area is 98.4 Å².